The van der Waals surface area contributed by atoms with Gasteiger partial charge in [-0.15, -0.1) is 0 Å². The molecule has 2 N–H and O–H groups in total. The zero-order valence-corrected chi connectivity index (χ0v) is 16.8. The van der Waals surface area contributed by atoms with Crippen molar-refractivity contribution in [1.29, 1.82) is 0 Å². The van der Waals surface area contributed by atoms with Crippen LogP contribution in [0.5, 0.6) is 0 Å². The van der Waals surface area contributed by atoms with Crippen molar-refractivity contribution in [3.05, 3.63) is 53.7 Å². The molecule has 28 heavy (non-hydrogen) atoms. The van der Waals surface area contributed by atoms with Crippen LogP contribution >= 0.6 is 0 Å². The quantitative estimate of drug-likeness (QED) is 0.741. The molecule has 1 fully saturated rings. The van der Waals surface area contributed by atoms with Gasteiger partial charge < -0.3 is 10.6 Å². The second-order valence-electron chi connectivity index (χ2n) is 6.80. The molecule has 0 spiro atoms. The van der Waals surface area contributed by atoms with Gasteiger partial charge in [0, 0.05) is 38.4 Å². The molecule has 2 aromatic rings. The number of nitrogens with zero attached hydrogens (tertiary/aromatic N) is 2. The molecule has 3 rings (SSSR count). The normalized spacial score (nSPS) is 15.2. The van der Waals surface area contributed by atoms with Gasteiger partial charge in [-0.25, -0.2) is 13.4 Å². The predicted molar refractivity (Wildman–Crippen MR) is 109 cm³/mol. The SMILES string of the molecule is CNC(=O)c1cccc(CCNc2ccc(S(=O)(=O)N3CCCCC3)cn2)c1. The van der Waals surface area contributed by atoms with Crippen LogP contribution in [0.4, 0.5) is 5.82 Å². The van der Waals surface area contributed by atoms with Crippen LogP contribution in [0, 0.1) is 0 Å². The van der Waals surface area contributed by atoms with E-state index in [1.54, 1.807) is 29.6 Å². The Balaban J connectivity index is 1.57. The third kappa shape index (κ3) is 4.88. The number of anilines is 1. The van der Waals surface area contributed by atoms with Crippen LogP contribution in [0.15, 0.2) is 47.5 Å². The Morgan fingerprint density at radius 3 is 2.61 bits per heavy atom. The fourth-order valence-electron chi connectivity index (χ4n) is 3.24. The van der Waals surface area contributed by atoms with Crippen LogP contribution in [-0.4, -0.2) is 50.3 Å². The van der Waals surface area contributed by atoms with Gasteiger partial charge in [0.2, 0.25) is 10.0 Å². The first-order valence-corrected chi connectivity index (χ1v) is 11.0. The van der Waals surface area contributed by atoms with Crippen molar-refractivity contribution in [2.45, 2.75) is 30.6 Å². The van der Waals surface area contributed by atoms with Gasteiger partial charge in [0.05, 0.1) is 0 Å². The number of carbonyl (C=O) groups is 1. The van der Waals surface area contributed by atoms with E-state index in [0.29, 0.717) is 31.0 Å². The minimum Gasteiger partial charge on any atom is -0.370 e. The van der Waals surface area contributed by atoms with Crippen LogP contribution in [0.25, 0.3) is 0 Å². The topological polar surface area (TPSA) is 91.4 Å². The molecule has 0 saturated carbocycles. The van der Waals surface area contributed by atoms with Gasteiger partial charge in [-0.3, -0.25) is 4.79 Å². The summed E-state index contributed by atoms with van der Waals surface area (Å²) >= 11 is 0. The van der Waals surface area contributed by atoms with Crippen molar-refractivity contribution in [3.63, 3.8) is 0 Å². The number of benzene rings is 1. The van der Waals surface area contributed by atoms with Crippen molar-refractivity contribution in [1.82, 2.24) is 14.6 Å². The summed E-state index contributed by atoms with van der Waals surface area (Å²) in [5.41, 5.74) is 1.67. The lowest BCUT2D eigenvalue weighted by Gasteiger charge is -2.25. The fraction of sp³-hybridized carbons (Fsp3) is 0.400. The highest BCUT2D eigenvalue weighted by atomic mass is 32.2. The maximum absolute atomic E-state index is 12.6. The second kappa shape index (κ2) is 9.16. The standard InChI is InChI=1S/C20H26N4O3S/c1-21-20(25)17-7-5-6-16(14-17)10-11-22-19-9-8-18(15-23-19)28(26,27)24-12-3-2-4-13-24/h5-9,14-15H,2-4,10-13H2,1H3,(H,21,25)(H,22,23). The molecule has 1 amide bonds. The van der Waals surface area contributed by atoms with E-state index in [4.69, 9.17) is 0 Å². The third-order valence-corrected chi connectivity index (χ3v) is 6.71. The molecule has 2 heterocycles. The average molecular weight is 403 g/mol. The molecule has 1 aromatic carbocycles. The third-order valence-electron chi connectivity index (χ3n) is 4.83. The highest BCUT2D eigenvalue weighted by Gasteiger charge is 2.26. The van der Waals surface area contributed by atoms with E-state index in [9.17, 15) is 13.2 Å². The van der Waals surface area contributed by atoms with Gasteiger partial charge in [0.15, 0.2) is 0 Å². The number of carbonyl (C=O) groups excluding carboxylic acids is 1. The van der Waals surface area contributed by atoms with E-state index >= 15 is 0 Å². The van der Waals surface area contributed by atoms with Crippen molar-refractivity contribution < 1.29 is 13.2 Å². The molecule has 150 valence electrons. The van der Waals surface area contributed by atoms with Crippen LogP contribution in [0.1, 0.15) is 35.2 Å². The van der Waals surface area contributed by atoms with E-state index in [0.717, 1.165) is 31.2 Å². The number of hydrogen-bond donors (Lipinski definition) is 2. The summed E-state index contributed by atoms with van der Waals surface area (Å²) in [5.74, 6) is 0.516. The van der Waals surface area contributed by atoms with Crippen molar-refractivity contribution in [2.24, 2.45) is 0 Å². The van der Waals surface area contributed by atoms with Gasteiger partial charge >= 0.3 is 0 Å². The zero-order chi connectivity index (χ0) is 20.0. The van der Waals surface area contributed by atoms with Gasteiger partial charge in [0.1, 0.15) is 10.7 Å². The largest absolute Gasteiger partial charge is 0.370 e. The Morgan fingerprint density at radius 1 is 1.14 bits per heavy atom. The summed E-state index contributed by atoms with van der Waals surface area (Å²) in [6, 6.07) is 10.8. The summed E-state index contributed by atoms with van der Waals surface area (Å²) in [6.07, 6.45) is 5.04. The minimum atomic E-state index is -3.45. The lowest BCUT2D eigenvalue weighted by atomic mass is 10.1. The number of hydrogen-bond acceptors (Lipinski definition) is 5. The molecular weight excluding hydrogens is 376 g/mol. The summed E-state index contributed by atoms with van der Waals surface area (Å²) in [5, 5.41) is 5.81. The maximum atomic E-state index is 12.6. The number of aromatic nitrogens is 1. The first-order valence-electron chi connectivity index (χ1n) is 9.52. The Bertz CT molecular complexity index is 907. The summed E-state index contributed by atoms with van der Waals surface area (Å²) in [4.78, 5) is 16.2. The molecule has 8 heteroatoms. The number of nitrogens with one attached hydrogen (secondary N) is 2. The minimum absolute atomic E-state index is 0.109. The van der Waals surface area contributed by atoms with Gasteiger partial charge in [0.25, 0.3) is 5.91 Å². The molecule has 1 aliphatic heterocycles. The molecule has 1 saturated heterocycles. The van der Waals surface area contributed by atoms with Crippen molar-refractivity contribution >= 4 is 21.7 Å². The van der Waals surface area contributed by atoms with Crippen LogP contribution in [-0.2, 0) is 16.4 Å². The first-order chi connectivity index (χ1) is 13.5. The first kappa shape index (κ1) is 20.3. The number of rotatable bonds is 7. The second-order valence-corrected chi connectivity index (χ2v) is 8.74. The highest BCUT2D eigenvalue weighted by molar-refractivity contribution is 7.89. The summed E-state index contributed by atoms with van der Waals surface area (Å²) in [7, 11) is -1.84. The van der Waals surface area contributed by atoms with E-state index in [2.05, 4.69) is 15.6 Å². The van der Waals surface area contributed by atoms with Crippen LogP contribution < -0.4 is 10.6 Å². The molecule has 0 atom stereocenters. The van der Waals surface area contributed by atoms with Gasteiger partial charge in [-0.1, -0.05) is 18.6 Å². The van der Waals surface area contributed by atoms with E-state index < -0.39 is 10.0 Å². The Hall–Kier alpha value is -2.45. The number of sulfonamides is 1. The molecule has 0 radical (unpaired) electrons. The smallest absolute Gasteiger partial charge is 0.251 e. The zero-order valence-electron chi connectivity index (χ0n) is 16.0. The molecule has 0 bridgehead atoms. The maximum Gasteiger partial charge on any atom is 0.251 e. The molecule has 1 aromatic heterocycles. The fourth-order valence-corrected chi connectivity index (χ4v) is 4.70. The molecule has 0 unspecified atom stereocenters. The number of amides is 1. The van der Waals surface area contributed by atoms with Crippen LogP contribution in [0.3, 0.4) is 0 Å². The van der Waals surface area contributed by atoms with E-state index in [-0.39, 0.29) is 10.8 Å². The average Bonchev–Trinajstić information content (AvgIpc) is 2.74. The molecule has 7 nitrogen and oxygen atoms in total. The lowest BCUT2D eigenvalue weighted by Crippen LogP contribution is -2.35. The van der Waals surface area contributed by atoms with Crippen LogP contribution in [0.2, 0.25) is 0 Å². The number of pyridine rings is 1. The summed E-state index contributed by atoms with van der Waals surface area (Å²) < 4.78 is 26.8. The summed E-state index contributed by atoms with van der Waals surface area (Å²) in [6.45, 7) is 1.79. The van der Waals surface area contributed by atoms with Gasteiger partial charge in [-0.2, -0.15) is 4.31 Å². The van der Waals surface area contributed by atoms with E-state index in [1.807, 2.05) is 18.2 Å². The van der Waals surface area contributed by atoms with Gasteiger partial charge in [-0.05, 0) is 49.1 Å². The number of piperidine rings is 1. The highest BCUT2D eigenvalue weighted by Crippen LogP contribution is 2.20. The molecular formula is C20H26N4O3S. The van der Waals surface area contributed by atoms with E-state index in [1.165, 1.54) is 6.20 Å². The monoisotopic (exact) mass is 402 g/mol. The van der Waals surface area contributed by atoms with Crippen molar-refractivity contribution in [2.75, 3.05) is 32.0 Å². The Labute approximate surface area is 166 Å². The molecule has 0 aliphatic carbocycles. The molecule has 1 aliphatic rings. The lowest BCUT2D eigenvalue weighted by molar-refractivity contribution is 0.0963. The van der Waals surface area contributed by atoms with Crippen molar-refractivity contribution in [3.8, 4) is 0 Å². The Kier molecular flexibility index (Phi) is 6.64. The predicted octanol–water partition coefficient (Wildman–Crippen LogP) is 2.27. The Morgan fingerprint density at radius 2 is 1.93 bits per heavy atom.